The normalized spacial score (nSPS) is 10.7. The molecule has 0 saturated heterocycles. The van der Waals surface area contributed by atoms with Gasteiger partial charge in [0.15, 0.2) is 5.78 Å². The minimum absolute atomic E-state index is 0.0288. The lowest BCUT2D eigenvalue weighted by Gasteiger charge is -2.09. The molecule has 0 saturated carbocycles. The molecule has 2 aromatic carbocycles. The number of hydrogen-bond acceptors (Lipinski definition) is 3. The Morgan fingerprint density at radius 3 is 2.54 bits per heavy atom. The van der Waals surface area contributed by atoms with E-state index in [1.54, 1.807) is 0 Å². The van der Waals surface area contributed by atoms with E-state index in [9.17, 15) is 18.4 Å². The Morgan fingerprint density at radius 1 is 1.12 bits per heavy atom. The maximum Gasteiger partial charge on any atom is 0.221 e. The summed E-state index contributed by atoms with van der Waals surface area (Å²) in [6, 6.07) is 7.48. The van der Waals surface area contributed by atoms with E-state index < -0.39 is 17.4 Å². The van der Waals surface area contributed by atoms with Crippen molar-refractivity contribution in [2.75, 3.05) is 12.4 Å². The third-order valence-corrected chi connectivity index (χ3v) is 3.17. The van der Waals surface area contributed by atoms with E-state index in [0.29, 0.717) is 11.4 Å². The van der Waals surface area contributed by atoms with Crippen molar-refractivity contribution in [3.8, 4) is 5.75 Å². The van der Waals surface area contributed by atoms with Crippen LogP contribution in [0.2, 0.25) is 0 Å². The summed E-state index contributed by atoms with van der Waals surface area (Å²) in [6.45, 7) is 1.33. The van der Waals surface area contributed by atoms with Crippen LogP contribution >= 0.6 is 0 Å². The van der Waals surface area contributed by atoms with Gasteiger partial charge in [-0.25, -0.2) is 8.78 Å². The lowest BCUT2D eigenvalue weighted by atomic mass is 10.1. The summed E-state index contributed by atoms with van der Waals surface area (Å²) in [5.41, 5.74) is 0.591. The molecule has 0 heterocycles. The summed E-state index contributed by atoms with van der Waals surface area (Å²) in [5.74, 6) is -1.56. The third kappa shape index (κ3) is 4.25. The zero-order valence-electron chi connectivity index (χ0n) is 13.1. The number of anilines is 1. The fourth-order valence-corrected chi connectivity index (χ4v) is 2.05. The first-order valence-electron chi connectivity index (χ1n) is 7.04. The van der Waals surface area contributed by atoms with Crippen molar-refractivity contribution >= 4 is 23.5 Å². The highest BCUT2D eigenvalue weighted by atomic mass is 19.1. The van der Waals surface area contributed by atoms with E-state index >= 15 is 0 Å². The van der Waals surface area contributed by atoms with Gasteiger partial charge in [0, 0.05) is 18.1 Å². The zero-order valence-corrected chi connectivity index (χ0v) is 13.1. The lowest BCUT2D eigenvalue weighted by Crippen LogP contribution is -2.08. The zero-order chi connectivity index (χ0) is 17.7. The smallest absolute Gasteiger partial charge is 0.221 e. The Kier molecular flexibility index (Phi) is 5.42. The van der Waals surface area contributed by atoms with Gasteiger partial charge in [0.2, 0.25) is 5.91 Å². The summed E-state index contributed by atoms with van der Waals surface area (Å²) in [5, 5.41) is 2.56. The summed E-state index contributed by atoms with van der Waals surface area (Å²) in [4.78, 5) is 23.4. The molecule has 4 nitrogen and oxygen atoms in total. The second-order valence-corrected chi connectivity index (χ2v) is 4.96. The summed E-state index contributed by atoms with van der Waals surface area (Å²) >= 11 is 0. The van der Waals surface area contributed by atoms with Crippen LogP contribution in [-0.2, 0) is 4.79 Å². The predicted molar refractivity (Wildman–Crippen MR) is 87.0 cm³/mol. The van der Waals surface area contributed by atoms with E-state index in [2.05, 4.69) is 5.32 Å². The second-order valence-electron chi connectivity index (χ2n) is 4.96. The molecule has 6 heteroatoms. The lowest BCUT2D eigenvalue weighted by molar-refractivity contribution is -0.114. The highest BCUT2D eigenvalue weighted by molar-refractivity contribution is 6.08. The van der Waals surface area contributed by atoms with Crippen molar-refractivity contribution in [1.29, 1.82) is 0 Å². The fourth-order valence-electron chi connectivity index (χ4n) is 2.05. The molecule has 0 aliphatic heterocycles. The molecule has 2 rings (SSSR count). The molecule has 0 spiro atoms. The van der Waals surface area contributed by atoms with Crippen LogP contribution < -0.4 is 10.1 Å². The molecule has 0 unspecified atom stereocenters. The Hall–Kier alpha value is -3.02. The minimum Gasteiger partial charge on any atom is -0.495 e. The van der Waals surface area contributed by atoms with Crippen molar-refractivity contribution in [2.24, 2.45) is 0 Å². The number of methoxy groups -OCH3 is 1. The molecule has 0 atom stereocenters. The van der Waals surface area contributed by atoms with Crippen molar-refractivity contribution in [1.82, 2.24) is 0 Å². The molecule has 0 aliphatic rings. The first kappa shape index (κ1) is 17.3. The summed E-state index contributed by atoms with van der Waals surface area (Å²) in [7, 11) is 1.44. The molecule has 0 aromatic heterocycles. The van der Waals surface area contributed by atoms with Crippen molar-refractivity contribution in [3.05, 3.63) is 65.2 Å². The predicted octanol–water partition coefficient (Wildman–Crippen LogP) is 3.83. The van der Waals surface area contributed by atoms with Gasteiger partial charge in [0.25, 0.3) is 0 Å². The third-order valence-electron chi connectivity index (χ3n) is 3.17. The number of amides is 1. The van der Waals surface area contributed by atoms with Gasteiger partial charge in [-0.15, -0.1) is 0 Å². The molecule has 1 amide bonds. The number of ketones is 1. The van der Waals surface area contributed by atoms with Crippen LogP contribution in [-0.4, -0.2) is 18.8 Å². The number of carbonyl (C=O) groups excluding carboxylic acids is 2. The summed E-state index contributed by atoms with van der Waals surface area (Å²) in [6.07, 6.45) is 2.33. The van der Waals surface area contributed by atoms with Gasteiger partial charge < -0.3 is 10.1 Å². The molecule has 0 aliphatic carbocycles. The average molecular weight is 331 g/mol. The molecule has 124 valence electrons. The highest BCUT2D eigenvalue weighted by Crippen LogP contribution is 2.26. The van der Waals surface area contributed by atoms with Crippen LogP contribution in [0.25, 0.3) is 6.08 Å². The number of benzene rings is 2. The van der Waals surface area contributed by atoms with E-state index in [1.807, 2.05) is 0 Å². The van der Waals surface area contributed by atoms with Crippen LogP contribution in [0.1, 0.15) is 22.8 Å². The quantitative estimate of drug-likeness (QED) is 0.669. The van der Waals surface area contributed by atoms with Gasteiger partial charge in [-0.3, -0.25) is 9.59 Å². The van der Waals surface area contributed by atoms with Gasteiger partial charge in [-0.05, 0) is 48.6 Å². The number of carbonyl (C=O) groups is 2. The fraction of sp³-hybridized carbons (Fsp3) is 0.111. The Bertz CT molecular complexity index is 816. The van der Waals surface area contributed by atoms with Gasteiger partial charge in [-0.1, -0.05) is 0 Å². The number of halogens is 2. The van der Waals surface area contributed by atoms with Gasteiger partial charge >= 0.3 is 0 Å². The van der Waals surface area contributed by atoms with E-state index in [1.165, 1.54) is 38.3 Å². The van der Waals surface area contributed by atoms with E-state index in [0.717, 1.165) is 24.3 Å². The van der Waals surface area contributed by atoms with Crippen molar-refractivity contribution in [2.45, 2.75) is 6.92 Å². The average Bonchev–Trinajstić information content (AvgIpc) is 2.54. The van der Waals surface area contributed by atoms with Crippen molar-refractivity contribution < 1.29 is 23.1 Å². The van der Waals surface area contributed by atoms with Crippen molar-refractivity contribution in [3.63, 3.8) is 0 Å². The maximum absolute atomic E-state index is 13.5. The van der Waals surface area contributed by atoms with Gasteiger partial charge in [0.05, 0.1) is 12.8 Å². The molecule has 0 bridgehead atoms. The van der Waals surface area contributed by atoms with Crippen LogP contribution in [0.3, 0.4) is 0 Å². The van der Waals surface area contributed by atoms with Crippen LogP contribution in [0, 0.1) is 11.6 Å². The molecular weight excluding hydrogens is 316 g/mol. The first-order valence-corrected chi connectivity index (χ1v) is 7.04. The number of rotatable bonds is 5. The Morgan fingerprint density at radius 2 is 1.88 bits per heavy atom. The van der Waals surface area contributed by atoms with Gasteiger partial charge in [0.1, 0.15) is 17.4 Å². The molecule has 1 N–H and O–H groups in total. The SMILES string of the molecule is COc1ccc(C(=O)C=Cc2cc(F)ccc2F)cc1NC(C)=O. The first-order chi connectivity index (χ1) is 11.4. The molecular formula is C18H15F2NO3. The minimum atomic E-state index is -0.630. The molecule has 2 aromatic rings. The Labute approximate surface area is 137 Å². The standard InChI is InChI=1S/C18H15F2NO3/c1-11(22)21-16-10-13(4-8-18(16)24-2)17(23)7-3-12-9-14(19)5-6-15(12)20/h3-10H,1-2H3,(H,21,22). The number of allylic oxidation sites excluding steroid dienone is 1. The Balaban J connectivity index is 2.27. The molecule has 0 radical (unpaired) electrons. The number of hydrogen-bond donors (Lipinski definition) is 1. The molecule has 24 heavy (non-hydrogen) atoms. The van der Waals surface area contributed by atoms with Crippen LogP contribution in [0.15, 0.2) is 42.5 Å². The molecule has 0 fully saturated rings. The summed E-state index contributed by atoms with van der Waals surface area (Å²) < 4.78 is 31.8. The second kappa shape index (κ2) is 7.50. The van der Waals surface area contributed by atoms with E-state index in [4.69, 9.17) is 4.74 Å². The van der Waals surface area contributed by atoms with Crippen LogP contribution in [0.5, 0.6) is 5.75 Å². The van der Waals surface area contributed by atoms with Crippen LogP contribution in [0.4, 0.5) is 14.5 Å². The van der Waals surface area contributed by atoms with Gasteiger partial charge in [-0.2, -0.15) is 0 Å². The monoisotopic (exact) mass is 331 g/mol. The van der Waals surface area contributed by atoms with E-state index in [-0.39, 0.29) is 17.0 Å². The maximum atomic E-state index is 13.5. The number of ether oxygens (including phenoxy) is 1. The topological polar surface area (TPSA) is 55.4 Å². The largest absolute Gasteiger partial charge is 0.495 e. The number of nitrogens with one attached hydrogen (secondary N) is 1. The highest BCUT2D eigenvalue weighted by Gasteiger charge is 2.10.